The van der Waals surface area contributed by atoms with Crippen molar-refractivity contribution in [3.63, 3.8) is 0 Å². The van der Waals surface area contributed by atoms with Gasteiger partial charge in [-0.1, -0.05) is 12.1 Å². The van der Waals surface area contributed by atoms with Gasteiger partial charge < -0.3 is 14.8 Å². The van der Waals surface area contributed by atoms with Crippen molar-refractivity contribution in [2.75, 3.05) is 12.1 Å². The largest absolute Gasteiger partial charge is 0.454 e. The van der Waals surface area contributed by atoms with Crippen molar-refractivity contribution >= 4 is 11.6 Å². The fourth-order valence-corrected chi connectivity index (χ4v) is 3.40. The van der Waals surface area contributed by atoms with Crippen LogP contribution in [0.5, 0.6) is 11.5 Å². The van der Waals surface area contributed by atoms with Gasteiger partial charge in [0.25, 0.3) is 5.91 Å². The molecule has 30 heavy (non-hydrogen) atoms. The number of hydrogen-bond acceptors (Lipinski definition) is 4. The lowest BCUT2D eigenvalue weighted by Gasteiger charge is -2.10. The topological polar surface area (TPSA) is 76.2 Å². The van der Waals surface area contributed by atoms with Crippen LogP contribution in [0, 0.1) is 0 Å². The number of nitrogens with zero attached hydrogens (tertiary/aromatic N) is 1. The van der Waals surface area contributed by atoms with Crippen molar-refractivity contribution in [1.29, 1.82) is 0 Å². The summed E-state index contributed by atoms with van der Waals surface area (Å²) in [6.07, 6.45) is -2.50. The van der Waals surface area contributed by atoms with Crippen LogP contribution in [0.4, 0.5) is 18.9 Å². The highest BCUT2D eigenvalue weighted by atomic mass is 19.4. The molecule has 2 N–H and O–H groups in total. The summed E-state index contributed by atoms with van der Waals surface area (Å²) in [5, 5.41) is 10.1. The van der Waals surface area contributed by atoms with Gasteiger partial charge in [0.15, 0.2) is 11.5 Å². The number of H-pyrrole nitrogens is 1. The molecular weight excluding hydrogens is 399 g/mol. The Morgan fingerprint density at radius 3 is 2.50 bits per heavy atom. The maximum Gasteiger partial charge on any atom is 0.416 e. The van der Waals surface area contributed by atoms with E-state index in [4.69, 9.17) is 9.47 Å². The molecule has 0 bridgehead atoms. The summed E-state index contributed by atoms with van der Waals surface area (Å²) >= 11 is 0. The molecule has 1 fully saturated rings. The summed E-state index contributed by atoms with van der Waals surface area (Å²) < 4.78 is 49.2. The molecule has 0 saturated heterocycles. The number of amides is 1. The minimum absolute atomic E-state index is 0.103. The molecule has 0 radical (unpaired) electrons. The van der Waals surface area contributed by atoms with E-state index in [1.165, 1.54) is 12.1 Å². The van der Waals surface area contributed by atoms with Gasteiger partial charge in [-0.25, -0.2) is 0 Å². The third-order valence-electron chi connectivity index (χ3n) is 5.14. The van der Waals surface area contributed by atoms with Gasteiger partial charge in [0, 0.05) is 17.0 Å². The minimum atomic E-state index is -4.42. The van der Waals surface area contributed by atoms with E-state index >= 15 is 0 Å². The van der Waals surface area contributed by atoms with Crippen LogP contribution in [0.3, 0.4) is 0 Å². The summed E-state index contributed by atoms with van der Waals surface area (Å²) in [6.45, 7) is 0.103. The third-order valence-corrected chi connectivity index (χ3v) is 5.14. The predicted octanol–water partition coefficient (Wildman–Crippen LogP) is 4.95. The van der Waals surface area contributed by atoms with Gasteiger partial charge in [0.05, 0.1) is 16.9 Å². The Morgan fingerprint density at radius 2 is 1.80 bits per heavy atom. The highest BCUT2D eigenvalue weighted by Crippen LogP contribution is 2.45. The molecule has 0 atom stereocenters. The number of benzene rings is 2. The van der Waals surface area contributed by atoms with E-state index in [-0.39, 0.29) is 18.6 Å². The quantitative estimate of drug-likeness (QED) is 0.632. The third kappa shape index (κ3) is 3.36. The average Bonchev–Trinajstić information content (AvgIpc) is 3.31. The van der Waals surface area contributed by atoms with Gasteiger partial charge in [0.2, 0.25) is 6.79 Å². The molecule has 2 aromatic carbocycles. The summed E-state index contributed by atoms with van der Waals surface area (Å²) in [6, 6.07) is 9.58. The number of carbonyl (C=O) groups excluding carboxylic acids is 1. The number of nitrogens with one attached hydrogen (secondary N) is 2. The van der Waals surface area contributed by atoms with Crippen molar-refractivity contribution in [2.24, 2.45) is 0 Å². The van der Waals surface area contributed by atoms with Gasteiger partial charge >= 0.3 is 6.18 Å². The summed E-state index contributed by atoms with van der Waals surface area (Å²) in [5.41, 5.74) is 1.78. The Kier molecular flexibility index (Phi) is 4.19. The number of rotatable bonds is 4. The number of anilines is 1. The van der Waals surface area contributed by atoms with Crippen molar-refractivity contribution in [2.45, 2.75) is 24.9 Å². The average molecular weight is 415 g/mol. The van der Waals surface area contributed by atoms with E-state index in [0.717, 1.165) is 30.7 Å². The second kappa shape index (κ2) is 6.79. The standard InChI is InChI=1S/C21H16F3N3O3/c22-21(23,24)14-6-3-12(4-7-14)18-19(17(26-27-18)11-1-2-11)25-20(28)13-5-8-15-16(9-13)30-10-29-15/h3-9,11H,1-2,10H2,(H,25,28)(H,26,27). The van der Waals surface area contributed by atoms with Crippen LogP contribution in [0.2, 0.25) is 0 Å². The lowest BCUT2D eigenvalue weighted by atomic mass is 10.1. The molecule has 0 spiro atoms. The molecule has 0 unspecified atom stereocenters. The van der Waals surface area contributed by atoms with Crippen LogP contribution in [-0.2, 0) is 6.18 Å². The maximum absolute atomic E-state index is 12.9. The van der Waals surface area contributed by atoms with Crippen LogP contribution in [0.1, 0.15) is 40.4 Å². The predicted molar refractivity (Wildman–Crippen MR) is 102 cm³/mol. The van der Waals surface area contributed by atoms with Crippen LogP contribution < -0.4 is 14.8 Å². The molecule has 1 aliphatic carbocycles. The molecule has 9 heteroatoms. The SMILES string of the molecule is O=C(Nc1c(-c2ccc(C(F)(F)F)cc2)n[nH]c1C1CC1)c1ccc2c(c1)OCO2. The highest BCUT2D eigenvalue weighted by Gasteiger charge is 2.32. The summed E-state index contributed by atoms with van der Waals surface area (Å²) in [5.74, 6) is 0.928. The Hall–Kier alpha value is -3.49. The van der Waals surface area contributed by atoms with Gasteiger partial charge in [-0.2, -0.15) is 18.3 Å². The maximum atomic E-state index is 12.9. The second-order valence-corrected chi connectivity index (χ2v) is 7.23. The fraction of sp³-hybridized carbons (Fsp3) is 0.238. The first-order valence-electron chi connectivity index (χ1n) is 9.37. The second-order valence-electron chi connectivity index (χ2n) is 7.23. The van der Waals surface area contributed by atoms with Gasteiger partial charge in [0.1, 0.15) is 5.69 Å². The van der Waals surface area contributed by atoms with Gasteiger partial charge in [-0.15, -0.1) is 0 Å². The number of ether oxygens (including phenoxy) is 2. The lowest BCUT2D eigenvalue weighted by Crippen LogP contribution is -2.13. The fourth-order valence-electron chi connectivity index (χ4n) is 3.40. The first-order valence-corrected chi connectivity index (χ1v) is 9.37. The lowest BCUT2D eigenvalue weighted by molar-refractivity contribution is -0.137. The zero-order chi connectivity index (χ0) is 20.9. The number of fused-ring (bicyclic) bond motifs is 1. The zero-order valence-corrected chi connectivity index (χ0v) is 15.5. The molecule has 2 aliphatic rings. The van der Waals surface area contributed by atoms with E-state index in [0.29, 0.717) is 34.0 Å². The molecule has 1 saturated carbocycles. The van der Waals surface area contributed by atoms with Crippen LogP contribution in [0.15, 0.2) is 42.5 Å². The Bertz CT molecular complexity index is 1120. The molecule has 5 rings (SSSR count). The van der Waals surface area contributed by atoms with Crippen LogP contribution >= 0.6 is 0 Å². The Labute approximate surface area is 169 Å². The highest BCUT2D eigenvalue weighted by molar-refractivity contribution is 6.07. The van der Waals surface area contributed by atoms with Gasteiger partial charge in [-0.05, 0) is 43.2 Å². The van der Waals surface area contributed by atoms with E-state index in [1.54, 1.807) is 18.2 Å². The Morgan fingerprint density at radius 1 is 1.07 bits per heavy atom. The van der Waals surface area contributed by atoms with E-state index in [2.05, 4.69) is 15.5 Å². The van der Waals surface area contributed by atoms with E-state index in [1.807, 2.05) is 0 Å². The first-order chi connectivity index (χ1) is 14.4. The van der Waals surface area contributed by atoms with Crippen LogP contribution in [-0.4, -0.2) is 22.9 Å². The molecular formula is C21H16F3N3O3. The molecule has 2 heterocycles. The molecule has 1 aliphatic heterocycles. The van der Waals surface area contributed by atoms with Crippen molar-refractivity contribution in [3.8, 4) is 22.8 Å². The zero-order valence-electron chi connectivity index (χ0n) is 15.5. The van der Waals surface area contributed by atoms with Crippen LogP contribution in [0.25, 0.3) is 11.3 Å². The Balaban J connectivity index is 1.47. The minimum Gasteiger partial charge on any atom is -0.454 e. The number of carbonyl (C=O) groups is 1. The first kappa shape index (κ1) is 18.5. The number of hydrogen-bond donors (Lipinski definition) is 2. The smallest absolute Gasteiger partial charge is 0.416 e. The molecule has 1 amide bonds. The number of aromatic nitrogens is 2. The van der Waals surface area contributed by atoms with Crippen molar-refractivity contribution in [1.82, 2.24) is 10.2 Å². The summed E-state index contributed by atoms with van der Waals surface area (Å²) in [7, 11) is 0. The molecule has 154 valence electrons. The summed E-state index contributed by atoms with van der Waals surface area (Å²) in [4.78, 5) is 12.9. The number of alkyl halides is 3. The molecule has 1 aromatic heterocycles. The van der Waals surface area contributed by atoms with E-state index in [9.17, 15) is 18.0 Å². The monoisotopic (exact) mass is 415 g/mol. The van der Waals surface area contributed by atoms with Gasteiger partial charge in [-0.3, -0.25) is 9.89 Å². The number of halogens is 3. The molecule has 3 aromatic rings. The van der Waals surface area contributed by atoms with E-state index < -0.39 is 11.7 Å². The molecule has 6 nitrogen and oxygen atoms in total. The number of aromatic amines is 1. The normalized spacial score (nSPS) is 15.3. The van der Waals surface area contributed by atoms with Crippen molar-refractivity contribution < 1.29 is 27.4 Å². The van der Waals surface area contributed by atoms with Crippen molar-refractivity contribution in [3.05, 3.63) is 59.3 Å².